The summed E-state index contributed by atoms with van der Waals surface area (Å²) in [7, 11) is -1.04. The van der Waals surface area contributed by atoms with E-state index in [2.05, 4.69) is 24.7 Å². The number of nitrogens with zero attached hydrogens (tertiary/aromatic N) is 2. The van der Waals surface area contributed by atoms with Crippen LogP contribution in [0.4, 0.5) is 5.82 Å². The van der Waals surface area contributed by atoms with Crippen LogP contribution in [-0.2, 0) is 18.1 Å². The first-order valence-electron chi connectivity index (χ1n) is 5.43. The van der Waals surface area contributed by atoms with Gasteiger partial charge < -0.3 is 15.6 Å². The lowest BCUT2D eigenvalue weighted by molar-refractivity contribution is 0.0734. The van der Waals surface area contributed by atoms with E-state index in [-0.39, 0.29) is 6.61 Å². The first-order chi connectivity index (χ1) is 7.42. The van der Waals surface area contributed by atoms with Crippen molar-refractivity contribution in [1.82, 2.24) is 9.78 Å². The summed E-state index contributed by atoms with van der Waals surface area (Å²) in [5, 5.41) is 13.1. The molecule has 5 nitrogen and oxygen atoms in total. The highest BCUT2D eigenvalue weighted by Crippen LogP contribution is 2.09. The number of aromatic nitrogens is 2. The largest absolute Gasteiger partial charge is 0.390 e. The van der Waals surface area contributed by atoms with Crippen molar-refractivity contribution in [1.29, 1.82) is 0 Å². The lowest BCUT2D eigenvalue weighted by Gasteiger charge is -2.15. The Balaban J connectivity index is 2.37. The van der Waals surface area contributed by atoms with Crippen LogP contribution < -0.4 is 5.73 Å². The average molecular weight is 243 g/mol. The smallest absolute Gasteiger partial charge is 0.145 e. The van der Waals surface area contributed by atoms with Gasteiger partial charge in [-0.05, 0) is 6.04 Å². The van der Waals surface area contributed by atoms with Gasteiger partial charge in [-0.1, -0.05) is 19.6 Å². The maximum Gasteiger partial charge on any atom is 0.145 e. The molecule has 0 fully saturated rings. The zero-order valence-corrected chi connectivity index (χ0v) is 11.2. The number of hydrogen-bond acceptors (Lipinski definition) is 4. The van der Waals surface area contributed by atoms with Gasteiger partial charge in [-0.25, -0.2) is 4.68 Å². The highest BCUT2D eigenvalue weighted by Gasteiger charge is 2.12. The van der Waals surface area contributed by atoms with Crippen LogP contribution in [0.15, 0.2) is 6.07 Å². The number of nitrogen functional groups attached to an aromatic ring is 1. The highest BCUT2D eigenvalue weighted by atomic mass is 28.3. The summed E-state index contributed by atoms with van der Waals surface area (Å²) in [4.78, 5) is 0. The number of aliphatic hydroxyl groups is 1. The Bertz CT molecular complexity index is 333. The third kappa shape index (κ3) is 4.34. The Morgan fingerprint density at radius 3 is 2.75 bits per heavy atom. The van der Waals surface area contributed by atoms with Gasteiger partial charge in [-0.15, -0.1) is 0 Å². The van der Waals surface area contributed by atoms with Crippen LogP contribution >= 0.6 is 0 Å². The highest BCUT2D eigenvalue weighted by molar-refractivity contribution is 6.76. The van der Waals surface area contributed by atoms with Crippen molar-refractivity contribution in [2.45, 2.75) is 39.0 Å². The van der Waals surface area contributed by atoms with E-state index in [4.69, 9.17) is 15.6 Å². The third-order valence-electron chi connectivity index (χ3n) is 2.25. The number of hydrogen-bond donors (Lipinski definition) is 2. The van der Waals surface area contributed by atoms with Crippen LogP contribution in [0, 0.1) is 0 Å². The second-order valence-corrected chi connectivity index (χ2v) is 10.7. The molecule has 3 N–H and O–H groups in total. The Labute approximate surface area is 97.2 Å². The molecule has 0 radical (unpaired) electrons. The number of nitrogens with two attached hydrogens (primary N) is 1. The number of anilines is 1. The van der Waals surface area contributed by atoms with Crippen molar-refractivity contribution in [3.63, 3.8) is 0 Å². The number of ether oxygens (including phenoxy) is 1. The van der Waals surface area contributed by atoms with E-state index >= 15 is 0 Å². The lowest BCUT2D eigenvalue weighted by Crippen LogP contribution is -2.22. The van der Waals surface area contributed by atoms with E-state index in [0.717, 1.165) is 12.7 Å². The summed E-state index contributed by atoms with van der Waals surface area (Å²) >= 11 is 0. The Morgan fingerprint density at radius 2 is 2.19 bits per heavy atom. The van der Waals surface area contributed by atoms with Crippen LogP contribution in [0.3, 0.4) is 0 Å². The molecule has 1 heterocycles. The molecule has 0 saturated carbocycles. The molecule has 0 saturated heterocycles. The minimum atomic E-state index is -1.04. The normalized spacial score (nSPS) is 12.0. The van der Waals surface area contributed by atoms with E-state index in [1.807, 2.05) is 0 Å². The fourth-order valence-electron chi connectivity index (χ4n) is 1.25. The molecule has 0 aliphatic carbocycles. The molecule has 0 unspecified atom stereocenters. The summed E-state index contributed by atoms with van der Waals surface area (Å²) in [6, 6.07) is 2.78. The standard InChI is InChI=1S/C10H21N3O2Si/c1-16(2,3)5-4-15-8-13-9(7-14)6-10(11)12-13/h6,14H,4-5,7-8H2,1-3H3,(H2,11,12). The molecule has 0 bridgehead atoms. The second-order valence-electron chi connectivity index (χ2n) is 5.07. The number of aliphatic hydroxyl groups excluding tert-OH is 1. The van der Waals surface area contributed by atoms with E-state index < -0.39 is 8.07 Å². The third-order valence-corrected chi connectivity index (χ3v) is 3.96. The first-order valence-corrected chi connectivity index (χ1v) is 9.14. The van der Waals surface area contributed by atoms with Crippen LogP contribution in [0.2, 0.25) is 25.7 Å². The van der Waals surface area contributed by atoms with Gasteiger partial charge in [0.15, 0.2) is 0 Å². The van der Waals surface area contributed by atoms with E-state index in [1.165, 1.54) is 0 Å². The van der Waals surface area contributed by atoms with E-state index in [1.54, 1.807) is 10.7 Å². The van der Waals surface area contributed by atoms with Crippen LogP contribution in [0.1, 0.15) is 5.69 Å². The van der Waals surface area contributed by atoms with Crippen molar-refractivity contribution in [3.8, 4) is 0 Å². The minimum absolute atomic E-state index is 0.0679. The molecule has 1 rings (SSSR count). The average Bonchev–Trinajstić information content (AvgIpc) is 2.52. The Morgan fingerprint density at radius 1 is 1.50 bits per heavy atom. The van der Waals surface area contributed by atoms with Gasteiger partial charge in [-0.2, -0.15) is 5.10 Å². The maximum absolute atomic E-state index is 9.05. The predicted octanol–water partition coefficient (Wildman–Crippen LogP) is 1.27. The molecule has 0 spiro atoms. The summed E-state index contributed by atoms with van der Waals surface area (Å²) in [5.41, 5.74) is 6.22. The maximum atomic E-state index is 9.05. The van der Waals surface area contributed by atoms with Gasteiger partial charge in [0.2, 0.25) is 0 Å². The van der Waals surface area contributed by atoms with Crippen molar-refractivity contribution >= 4 is 13.9 Å². The monoisotopic (exact) mass is 243 g/mol. The molecule has 1 aromatic heterocycles. The fraction of sp³-hybridized carbons (Fsp3) is 0.700. The molecule has 0 aliphatic rings. The summed E-state index contributed by atoms with van der Waals surface area (Å²) in [6.07, 6.45) is 0. The fourth-order valence-corrected chi connectivity index (χ4v) is 2.00. The molecule has 6 heteroatoms. The summed E-state index contributed by atoms with van der Waals surface area (Å²) in [5.74, 6) is 0.415. The molecule has 16 heavy (non-hydrogen) atoms. The Hall–Kier alpha value is -0.853. The molecule has 0 atom stereocenters. The molecule has 0 amide bonds. The van der Waals surface area contributed by atoms with Crippen molar-refractivity contribution < 1.29 is 9.84 Å². The predicted molar refractivity (Wildman–Crippen MR) is 66.7 cm³/mol. The first kappa shape index (κ1) is 13.2. The molecule has 0 aliphatic heterocycles. The van der Waals surface area contributed by atoms with Gasteiger partial charge in [0.1, 0.15) is 12.5 Å². The lowest BCUT2D eigenvalue weighted by atomic mass is 10.4. The topological polar surface area (TPSA) is 73.3 Å². The Kier molecular flexibility index (Phi) is 4.52. The molecular formula is C10H21N3O2Si. The SMILES string of the molecule is C[Si](C)(C)CCOCn1nc(N)cc1CO. The zero-order chi connectivity index (χ0) is 12.2. The van der Waals surface area contributed by atoms with Gasteiger partial charge in [-0.3, -0.25) is 0 Å². The van der Waals surface area contributed by atoms with Crippen LogP contribution in [0.5, 0.6) is 0 Å². The number of rotatable bonds is 6. The van der Waals surface area contributed by atoms with E-state index in [0.29, 0.717) is 18.2 Å². The van der Waals surface area contributed by atoms with Crippen molar-refractivity contribution in [3.05, 3.63) is 11.8 Å². The second kappa shape index (κ2) is 5.47. The summed E-state index contributed by atoms with van der Waals surface area (Å²) in [6.45, 7) is 7.95. The quantitative estimate of drug-likeness (QED) is 0.583. The minimum Gasteiger partial charge on any atom is -0.390 e. The molecule has 1 aromatic rings. The van der Waals surface area contributed by atoms with Gasteiger partial charge in [0.25, 0.3) is 0 Å². The van der Waals surface area contributed by atoms with Gasteiger partial charge >= 0.3 is 0 Å². The van der Waals surface area contributed by atoms with Crippen LogP contribution in [-0.4, -0.2) is 29.6 Å². The van der Waals surface area contributed by atoms with E-state index in [9.17, 15) is 0 Å². The molecular weight excluding hydrogens is 222 g/mol. The van der Waals surface area contributed by atoms with Gasteiger partial charge in [0, 0.05) is 20.7 Å². The van der Waals surface area contributed by atoms with Gasteiger partial charge in [0.05, 0.1) is 12.3 Å². The van der Waals surface area contributed by atoms with Crippen molar-refractivity contribution in [2.24, 2.45) is 0 Å². The van der Waals surface area contributed by atoms with Crippen LogP contribution in [0.25, 0.3) is 0 Å². The zero-order valence-electron chi connectivity index (χ0n) is 10.2. The van der Waals surface area contributed by atoms with Crippen molar-refractivity contribution in [2.75, 3.05) is 12.3 Å². The molecule has 92 valence electrons. The summed E-state index contributed by atoms with van der Waals surface area (Å²) < 4.78 is 7.12. The molecule has 0 aromatic carbocycles.